The van der Waals surface area contributed by atoms with E-state index in [0.29, 0.717) is 24.4 Å². The molecule has 1 aliphatic rings. The number of hydrogen-bond donors (Lipinski definition) is 2. The van der Waals surface area contributed by atoms with E-state index in [0.717, 1.165) is 18.6 Å². The van der Waals surface area contributed by atoms with Crippen molar-refractivity contribution in [1.82, 2.24) is 14.6 Å². The quantitative estimate of drug-likeness (QED) is 0.882. The number of nitrogens with one attached hydrogen (secondary N) is 1. The second-order valence-corrected chi connectivity index (χ2v) is 5.31. The number of aliphatic hydroxyl groups is 1. The van der Waals surface area contributed by atoms with Crippen LogP contribution in [0.15, 0.2) is 24.4 Å². The maximum atomic E-state index is 9.41. The van der Waals surface area contributed by atoms with Gasteiger partial charge in [-0.15, -0.1) is 5.10 Å². The first-order valence-electron chi connectivity index (χ1n) is 7.03. The van der Waals surface area contributed by atoms with Crippen LogP contribution >= 0.6 is 0 Å². The molecule has 0 radical (unpaired) electrons. The molecule has 2 N–H and O–H groups in total. The van der Waals surface area contributed by atoms with Gasteiger partial charge in [0.2, 0.25) is 5.95 Å². The fourth-order valence-electron chi connectivity index (χ4n) is 2.92. The minimum absolute atomic E-state index is 0.297. The van der Waals surface area contributed by atoms with Crippen LogP contribution < -0.4 is 5.32 Å². The van der Waals surface area contributed by atoms with Crippen LogP contribution in [-0.4, -0.2) is 32.9 Å². The van der Waals surface area contributed by atoms with Crippen molar-refractivity contribution < 1.29 is 5.11 Å². The van der Waals surface area contributed by atoms with Crippen LogP contribution in [0.5, 0.6) is 0 Å². The first kappa shape index (κ1) is 12.4. The molecule has 0 saturated heterocycles. The molecule has 19 heavy (non-hydrogen) atoms. The molecule has 0 aliphatic heterocycles. The number of pyridine rings is 1. The Balaban J connectivity index is 1.64. The summed E-state index contributed by atoms with van der Waals surface area (Å²) in [6.07, 6.45) is 6.73. The third kappa shape index (κ3) is 2.71. The second-order valence-electron chi connectivity index (χ2n) is 5.31. The first-order chi connectivity index (χ1) is 9.36. The number of aromatic nitrogens is 3. The SMILES string of the molecule is OCC1CCCCC1CNc1nc2ccccn2n1. The summed E-state index contributed by atoms with van der Waals surface area (Å²) in [5, 5.41) is 17.1. The van der Waals surface area contributed by atoms with E-state index < -0.39 is 0 Å². The van der Waals surface area contributed by atoms with Crippen LogP contribution in [-0.2, 0) is 0 Å². The molecule has 5 heteroatoms. The Hall–Kier alpha value is -1.62. The molecule has 0 spiro atoms. The highest BCUT2D eigenvalue weighted by molar-refractivity contribution is 5.42. The summed E-state index contributed by atoms with van der Waals surface area (Å²) in [6, 6.07) is 5.83. The zero-order valence-electron chi connectivity index (χ0n) is 11.0. The topological polar surface area (TPSA) is 62.5 Å². The van der Waals surface area contributed by atoms with Gasteiger partial charge in [0.1, 0.15) is 0 Å². The predicted molar refractivity (Wildman–Crippen MR) is 74.0 cm³/mol. The smallest absolute Gasteiger partial charge is 0.243 e. The Morgan fingerprint density at radius 3 is 2.89 bits per heavy atom. The minimum Gasteiger partial charge on any atom is -0.396 e. The van der Waals surface area contributed by atoms with Gasteiger partial charge in [-0.25, -0.2) is 4.52 Å². The summed E-state index contributed by atoms with van der Waals surface area (Å²) in [5.41, 5.74) is 0.854. The summed E-state index contributed by atoms with van der Waals surface area (Å²) in [5.74, 6) is 1.64. The maximum absolute atomic E-state index is 9.41. The van der Waals surface area contributed by atoms with Gasteiger partial charge in [-0.05, 0) is 36.8 Å². The first-order valence-corrected chi connectivity index (χ1v) is 7.03. The van der Waals surface area contributed by atoms with Crippen molar-refractivity contribution in [2.45, 2.75) is 25.7 Å². The van der Waals surface area contributed by atoms with Gasteiger partial charge in [0.15, 0.2) is 5.65 Å². The standard InChI is InChI=1S/C14H20N4O/c19-10-12-6-2-1-5-11(12)9-15-14-16-13-7-3-4-8-18(13)17-14/h3-4,7-8,11-12,19H,1-2,5-6,9-10H2,(H,15,17). The van der Waals surface area contributed by atoms with Crippen LogP contribution in [0.2, 0.25) is 0 Å². The Kier molecular flexibility index (Phi) is 3.64. The maximum Gasteiger partial charge on any atom is 0.243 e. The second kappa shape index (κ2) is 5.57. The van der Waals surface area contributed by atoms with Gasteiger partial charge in [-0.3, -0.25) is 0 Å². The lowest BCUT2D eigenvalue weighted by molar-refractivity contribution is 0.141. The highest BCUT2D eigenvalue weighted by Crippen LogP contribution is 2.29. The highest BCUT2D eigenvalue weighted by Gasteiger charge is 2.24. The molecule has 2 unspecified atom stereocenters. The van der Waals surface area contributed by atoms with E-state index in [4.69, 9.17) is 0 Å². The fraction of sp³-hybridized carbons (Fsp3) is 0.571. The molecule has 102 valence electrons. The monoisotopic (exact) mass is 260 g/mol. The van der Waals surface area contributed by atoms with Crippen molar-refractivity contribution >= 4 is 11.6 Å². The lowest BCUT2D eigenvalue weighted by atomic mass is 9.80. The largest absolute Gasteiger partial charge is 0.396 e. The van der Waals surface area contributed by atoms with E-state index in [9.17, 15) is 5.11 Å². The molecular weight excluding hydrogens is 240 g/mol. The molecule has 3 rings (SSSR count). The van der Waals surface area contributed by atoms with E-state index in [1.807, 2.05) is 24.4 Å². The van der Waals surface area contributed by atoms with Gasteiger partial charge in [0.05, 0.1) is 0 Å². The third-order valence-electron chi connectivity index (χ3n) is 4.06. The molecule has 1 aliphatic carbocycles. The van der Waals surface area contributed by atoms with Crippen molar-refractivity contribution in [2.24, 2.45) is 11.8 Å². The van der Waals surface area contributed by atoms with E-state index in [2.05, 4.69) is 15.4 Å². The van der Waals surface area contributed by atoms with Crippen molar-refractivity contribution in [3.05, 3.63) is 24.4 Å². The molecule has 1 saturated carbocycles. The molecule has 1 fully saturated rings. The number of anilines is 1. The molecule has 0 aromatic carbocycles. The van der Waals surface area contributed by atoms with Crippen LogP contribution in [0, 0.1) is 11.8 Å². The average molecular weight is 260 g/mol. The molecule has 2 heterocycles. The van der Waals surface area contributed by atoms with Gasteiger partial charge in [0, 0.05) is 19.3 Å². The highest BCUT2D eigenvalue weighted by atomic mass is 16.3. The Morgan fingerprint density at radius 1 is 1.26 bits per heavy atom. The van der Waals surface area contributed by atoms with Crippen molar-refractivity contribution in [3.8, 4) is 0 Å². The van der Waals surface area contributed by atoms with Gasteiger partial charge in [-0.2, -0.15) is 4.98 Å². The van der Waals surface area contributed by atoms with E-state index >= 15 is 0 Å². The van der Waals surface area contributed by atoms with Crippen LogP contribution in [0.1, 0.15) is 25.7 Å². The number of hydrogen-bond acceptors (Lipinski definition) is 4. The lowest BCUT2D eigenvalue weighted by Gasteiger charge is -2.30. The number of nitrogens with zero attached hydrogens (tertiary/aromatic N) is 3. The normalized spacial score (nSPS) is 23.6. The van der Waals surface area contributed by atoms with E-state index in [1.54, 1.807) is 4.52 Å². The average Bonchev–Trinajstić information content (AvgIpc) is 2.88. The molecular formula is C14H20N4O. The number of aliphatic hydroxyl groups excluding tert-OH is 1. The van der Waals surface area contributed by atoms with E-state index in [-0.39, 0.29) is 0 Å². The van der Waals surface area contributed by atoms with Crippen LogP contribution in [0.3, 0.4) is 0 Å². The molecule has 2 aromatic heterocycles. The molecule has 0 bridgehead atoms. The summed E-state index contributed by atoms with van der Waals surface area (Å²) in [7, 11) is 0. The van der Waals surface area contributed by atoms with Crippen LogP contribution in [0.4, 0.5) is 5.95 Å². The Bertz CT molecular complexity index is 506. The van der Waals surface area contributed by atoms with Gasteiger partial charge in [-0.1, -0.05) is 18.9 Å². The van der Waals surface area contributed by atoms with Gasteiger partial charge in [0.25, 0.3) is 0 Å². The Labute approximate surface area is 112 Å². The van der Waals surface area contributed by atoms with Gasteiger partial charge < -0.3 is 10.4 Å². The van der Waals surface area contributed by atoms with Gasteiger partial charge >= 0.3 is 0 Å². The summed E-state index contributed by atoms with van der Waals surface area (Å²) >= 11 is 0. The molecule has 2 aromatic rings. The minimum atomic E-state index is 0.297. The zero-order chi connectivity index (χ0) is 13.1. The van der Waals surface area contributed by atoms with Crippen molar-refractivity contribution in [2.75, 3.05) is 18.5 Å². The third-order valence-corrected chi connectivity index (χ3v) is 4.06. The number of fused-ring (bicyclic) bond motifs is 1. The van der Waals surface area contributed by atoms with Crippen molar-refractivity contribution in [1.29, 1.82) is 0 Å². The Morgan fingerprint density at radius 2 is 2.11 bits per heavy atom. The van der Waals surface area contributed by atoms with Crippen LogP contribution in [0.25, 0.3) is 5.65 Å². The molecule has 2 atom stereocenters. The fourth-order valence-corrected chi connectivity index (χ4v) is 2.92. The zero-order valence-corrected chi connectivity index (χ0v) is 11.0. The lowest BCUT2D eigenvalue weighted by Crippen LogP contribution is -2.28. The molecule has 5 nitrogen and oxygen atoms in total. The molecule has 0 amide bonds. The summed E-state index contributed by atoms with van der Waals surface area (Å²) in [4.78, 5) is 4.43. The predicted octanol–water partition coefficient (Wildman–Crippen LogP) is 1.94. The van der Waals surface area contributed by atoms with E-state index in [1.165, 1.54) is 19.3 Å². The number of rotatable bonds is 4. The summed E-state index contributed by atoms with van der Waals surface area (Å²) in [6.45, 7) is 1.15. The summed E-state index contributed by atoms with van der Waals surface area (Å²) < 4.78 is 1.77. The van der Waals surface area contributed by atoms with Crippen molar-refractivity contribution in [3.63, 3.8) is 0 Å².